The van der Waals surface area contributed by atoms with E-state index < -0.39 is 0 Å². The number of carbonyl (C=O) groups is 1. The number of hydrogen-bond donors (Lipinski definition) is 1. The van der Waals surface area contributed by atoms with Gasteiger partial charge in [-0.1, -0.05) is 19.9 Å². The fourth-order valence-corrected chi connectivity index (χ4v) is 3.55. The molecule has 1 N–H and O–H groups in total. The van der Waals surface area contributed by atoms with Crippen LogP contribution in [0.25, 0.3) is 10.1 Å². The van der Waals surface area contributed by atoms with Crippen LogP contribution in [0.15, 0.2) is 18.2 Å². The summed E-state index contributed by atoms with van der Waals surface area (Å²) in [5.74, 6) is -0.00640. The smallest absolute Gasteiger partial charge is 0.261 e. The second kappa shape index (κ2) is 9.11. The van der Waals surface area contributed by atoms with Gasteiger partial charge in [-0.05, 0) is 24.5 Å². The number of nitrogens with one attached hydrogen (secondary N) is 1. The van der Waals surface area contributed by atoms with Crippen molar-refractivity contribution < 1.29 is 18.7 Å². The zero-order valence-electron chi connectivity index (χ0n) is 14.4. The van der Waals surface area contributed by atoms with Crippen LogP contribution in [-0.2, 0) is 16.1 Å². The van der Waals surface area contributed by atoms with Gasteiger partial charge in [0.2, 0.25) is 0 Å². The molecule has 0 saturated carbocycles. The Balaban J connectivity index is 2.01. The number of thiophene rings is 1. The lowest BCUT2D eigenvalue weighted by Crippen LogP contribution is -2.25. The molecule has 1 amide bonds. The van der Waals surface area contributed by atoms with E-state index in [0.29, 0.717) is 34.9 Å². The number of amides is 1. The SMILES string of the molecule is COCc1c(C(=O)NCCCOCC(C)C)sc2cccc(F)c12. The first-order chi connectivity index (χ1) is 11.5. The molecule has 0 unspecified atom stereocenters. The minimum Gasteiger partial charge on any atom is -0.381 e. The third-order valence-corrected chi connectivity index (χ3v) is 4.66. The summed E-state index contributed by atoms with van der Waals surface area (Å²) in [6.07, 6.45) is 0.747. The van der Waals surface area contributed by atoms with Gasteiger partial charge in [0.1, 0.15) is 5.82 Å². The predicted octanol–water partition coefficient (Wildman–Crippen LogP) is 3.98. The van der Waals surface area contributed by atoms with Crippen LogP contribution in [-0.4, -0.2) is 32.8 Å². The predicted molar refractivity (Wildman–Crippen MR) is 95.1 cm³/mol. The molecular formula is C18H24FNO3S. The molecule has 0 bridgehead atoms. The van der Waals surface area contributed by atoms with Crippen molar-refractivity contribution in [3.63, 3.8) is 0 Å². The number of benzene rings is 1. The van der Waals surface area contributed by atoms with Crippen LogP contribution in [0.1, 0.15) is 35.5 Å². The Morgan fingerprint density at radius 1 is 1.38 bits per heavy atom. The van der Waals surface area contributed by atoms with Crippen LogP contribution < -0.4 is 5.32 Å². The van der Waals surface area contributed by atoms with Crippen molar-refractivity contribution >= 4 is 27.3 Å². The maximum absolute atomic E-state index is 14.1. The summed E-state index contributed by atoms with van der Waals surface area (Å²) in [7, 11) is 1.54. The van der Waals surface area contributed by atoms with Crippen molar-refractivity contribution in [1.82, 2.24) is 5.32 Å². The van der Waals surface area contributed by atoms with Crippen LogP contribution in [0.4, 0.5) is 4.39 Å². The summed E-state index contributed by atoms with van der Waals surface area (Å²) < 4.78 is 25.5. The van der Waals surface area contributed by atoms with Gasteiger partial charge in [0, 0.05) is 42.5 Å². The fraction of sp³-hybridized carbons (Fsp3) is 0.500. The number of carbonyl (C=O) groups excluding carboxylic acids is 1. The van der Waals surface area contributed by atoms with E-state index in [4.69, 9.17) is 9.47 Å². The van der Waals surface area contributed by atoms with Crippen LogP contribution in [0.2, 0.25) is 0 Å². The van der Waals surface area contributed by atoms with Crippen molar-refractivity contribution in [3.05, 3.63) is 34.5 Å². The van der Waals surface area contributed by atoms with Crippen LogP contribution in [0, 0.1) is 11.7 Å². The second-order valence-electron chi connectivity index (χ2n) is 6.03. The highest BCUT2D eigenvalue weighted by molar-refractivity contribution is 7.21. The van der Waals surface area contributed by atoms with Gasteiger partial charge in [-0.3, -0.25) is 4.79 Å². The van der Waals surface area contributed by atoms with E-state index in [0.717, 1.165) is 17.7 Å². The third-order valence-electron chi connectivity index (χ3n) is 3.46. The molecule has 0 saturated heterocycles. The largest absolute Gasteiger partial charge is 0.381 e. The van der Waals surface area contributed by atoms with Gasteiger partial charge in [0.15, 0.2) is 0 Å². The number of methoxy groups -OCH3 is 1. The molecule has 1 heterocycles. The maximum atomic E-state index is 14.1. The van der Waals surface area contributed by atoms with E-state index in [9.17, 15) is 9.18 Å². The molecule has 0 aliphatic rings. The fourth-order valence-electron chi connectivity index (χ4n) is 2.41. The van der Waals surface area contributed by atoms with E-state index in [-0.39, 0.29) is 18.3 Å². The van der Waals surface area contributed by atoms with Crippen molar-refractivity contribution in [2.45, 2.75) is 26.9 Å². The number of hydrogen-bond acceptors (Lipinski definition) is 4. The lowest BCUT2D eigenvalue weighted by molar-refractivity contribution is 0.0925. The topological polar surface area (TPSA) is 47.6 Å². The van der Waals surface area contributed by atoms with Crippen LogP contribution in [0.3, 0.4) is 0 Å². The van der Waals surface area contributed by atoms with Gasteiger partial charge in [-0.25, -0.2) is 4.39 Å². The van der Waals surface area contributed by atoms with E-state index in [1.165, 1.54) is 24.5 Å². The molecule has 0 aliphatic heterocycles. The number of rotatable bonds is 9. The van der Waals surface area contributed by atoms with Gasteiger partial charge in [0.05, 0.1) is 11.5 Å². The van der Waals surface area contributed by atoms with Crippen molar-refractivity contribution in [2.75, 3.05) is 26.9 Å². The summed E-state index contributed by atoms with van der Waals surface area (Å²) in [6.45, 7) is 6.27. The third kappa shape index (κ3) is 4.75. The summed E-state index contributed by atoms with van der Waals surface area (Å²) in [5.41, 5.74) is 0.615. The lowest BCUT2D eigenvalue weighted by Gasteiger charge is -2.08. The number of ether oxygens (including phenoxy) is 2. The van der Waals surface area contributed by atoms with Gasteiger partial charge in [-0.15, -0.1) is 11.3 Å². The Bertz CT molecular complexity index is 684. The molecule has 4 nitrogen and oxygen atoms in total. The standard InChI is InChI=1S/C18H24FNO3S/c1-12(2)10-23-9-5-8-20-18(21)17-13(11-22-3)16-14(19)6-4-7-15(16)24-17/h4,6-7,12H,5,8-11H2,1-3H3,(H,20,21). The summed E-state index contributed by atoms with van der Waals surface area (Å²) in [5, 5.41) is 3.36. The molecule has 2 aromatic rings. The van der Waals surface area contributed by atoms with Gasteiger partial charge >= 0.3 is 0 Å². The Labute approximate surface area is 146 Å². The molecule has 0 atom stereocenters. The summed E-state index contributed by atoms with van der Waals surface area (Å²) in [6, 6.07) is 4.87. The maximum Gasteiger partial charge on any atom is 0.261 e. The first kappa shape index (κ1) is 18.8. The second-order valence-corrected chi connectivity index (χ2v) is 7.09. The molecule has 24 heavy (non-hydrogen) atoms. The molecule has 0 radical (unpaired) electrons. The van der Waals surface area contributed by atoms with E-state index >= 15 is 0 Å². The lowest BCUT2D eigenvalue weighted by atomic mass is 10.1. The zero-order valence-corrected chi connectivity index (χ0v) is 15.2. The summed E-state index contributed by atoms with van der Waals surface area (Å²) >= 11 is 1.30. The Morgan fingerprint density at radius 2 is 2.17 bits per heavy atom. The van der Waals surface area contributed by atoms with E-state index in [2.05, 4.69) is 19.2 Å². The minimum atomic E-state index is -0.322. The molecule has 1 aromatic heterocycles. The Hall–Kier alpha value is -1.50. The van der Waals surface area contributed by atoms with Crippen molar-refractivity contribution in [2.24, 2.45) is 5.92 Å². The highest BCUT2D eigenvalue weighted by Gasteiger charge is 2.20. The van der Waals surface area contributed by atoms with Crippen molar-refractivity contribution in [1.29, 1.82) is 0 Å². The minimum absolute atomic E-state index is 0.188. The number of fused-ring (bicyclic) bond motifs is 1. The monoisotopic (exact) mass is 353 g/mol. The van der Waals surface area contributed by atoms with Gasteiger partial charge in [-0.2, -0.15) is 0 Å². The van der Waals surface area contributed by atoms with E-state index in [1.54, 1.807) is 6.07 Å². The average Bonchev–Trinajstić information content (AvgIpc) is 2.91. The molecule has 0 aliphatic carbocycles. The highest BCUT2D eigenvalue weighted by atomic mass is 32.1. The molecule has 132 valence electrons. The molecule has 2 rings (SSSR count). The Morgan fingerprint density at radius 3 is 2.88 bits per heavy atom. The van der Waals surface area contributed by atoms with Gasteiger partial charge in [0.25, 0.3) is 5.91 Å². The average molecular weight is 353 g/mol. The zero-order chi connectivity index (χ0) is 17.5. The van der Waals surface area contributed by atoms with Crippen LogP contribution in [0.5, 0.6) is 0 Å². The highest BCUT2D eigenvalue weighted by Crippen LogP contribution is 2.33. The molecular weight excluding hydrogens is 329 g/mol. The van der Waals surface area contributed by atoms with Crippen molar-refractivity contribution in [3.8, 4) is 0 Å². The van der Waals surface area contributed by atoms with Crippen LogP contribution >= 0.6 is 11.3 Å². The Kier molecular flexibility index (Phi) is 7.15. The first-order valence-corrected chi connectivity index (χ1v) is 8.91. The molecule has 0 fully saturated rings. The molecule has 0 spiro atoms. The van der Waals surface area contributed by atoms with E-state index in [1.807, 2.05) is 6.07 Å². The quantitative estimate of drug-likeness (QED) is 0.694. The number of halogens is 1. The molecule has 6 heteroatoms. The summed E-state index contributed by atoms with van der Waals surface area (Å²) in [4.78, 5) is 13.0. The normalized spacial score (nSPS) is 11.4. The first-order valence-electron chi connectivity index (χ1n) is 8.09. The van der Waals surface area contributed by atoms with Gasteiger partial charge < -0.3 is 14.8 Å². The molecule has 1 aromatic carbocycles.